The first kappa shape index (κ1) is 23.3. The van der Waals surface area contributed by atoms with Gasteiger partial charge in [0.2, 0.25) is 0 Å². The van der Waals surface area contributed by atoms with Gasteiger partial charge in [0.15, 0.2) is 0 Å². The van der Waals surface area contributed by atoms with Gasteiger partial charge in [-0.3, -0.25) is 9.69 Å². The molecule has 8 heteroatoms. The molecule has 33 heavy (non-hydrogen) atoms. The van der Waals surface area contributed by atoms with E-state index in [2.05, 4.69) is 31.0 Å². The van der Waals surface area contributed by atoms with Crippen LogP contribution in [0.15, 0.2) is 61.1 Å². The molecule has 6 nitrogen and oxygen atoms in total. The quantitative estimate of drug-likeness (QED) is 0.451. The Bertz CT molecular complexity index is 1150. The van der Waals surface area contributed by atoms with E-state index in [0.717, 1.165) is 12.2 Å². The predicted molar refractivity (Wildman–Crippen MR) is 130 cm³/mol. The Morgan fingerprint density at radius 1 is 1.15 bits per heavy atom. The summed E-state index contributed by atoms with van der Waals surface area (Å²) >= 11 is 12.2. The largest absolute Gasteiger partial charge is 0.333 e. The highest BCUT2D eigenvalue weighted by Gasteiger charge is 2.41. The van der Waals surface area contributed by atoms with Crippen molar-refractivity contribution >= 4 is 35.1 Å². The van der Waals surface area contributed by atoms with Crippen molar-refractivity contribution in [2.75, 3.05) is 13.1 Å². The van der Waals surface area contributed by atoms with Crippen LogP contribution in [-0.4, -0.2) is 50.4 Å². The van der Waals surface area contributed by atoms with Crippen molar-refractivity contribution in [3.05, 3.63) is 87.9 Å². The first-order valence-corrected chi connectivity index (χ1v) is 11.7. The van der Waals surface area contributed by atoms with Gasteiger partial charge in [-0.05, 0) is 29.7 Å². The molecular formula is C25H26Cl2N4O2. The summed E-state index contributed by atoms with van der Waals surface area (Å²) < 4.78 is 2.03. The lowest BCUT2D eigenvalue weighted by Crippen LogP contribution is -2.39. The summed E-state index contributed by atoms with van der Waals surface area (Å²) in [4.78, 5) is 34.0. The first-order valence-electron chi connectivity index (χ1n) is 10.9. The highest BCUT2D eigenvalue weighted by Crippen LogP contribution is 2.27. The van der Waals surface area contributed by atoms with Crippen molar-refractivity contribution in [2.45, 2.75) is 32.9 Å². The van der Waals surface area contributed by atoms with Crippen LogP contribution < -0.4 is 0 Å². The molecule has 0 spiro atoms. The molecule has 1 atom stereocenters. The molecule has 3 amide bonds. The molecule has 172 valence electrons. The van der Waals surface area contributed by atoms with Gasteiger partial charge >= 0.3 is 6.03 Å². The summed E-state index contributed by atoms with van der Waals surface area (Å²) in [6.07, 6.45) is 4.38. The average Bonchev–Trinajstić information content (AvgIpc) is 3.33. The third-order valence-corrected chi connectivity index (χ3v) is 6.17. The van der Waals surface area contributed by atoms with Gasteiger partial charge in [0.1, 0.15) is 0 Å². The van der Waals surface area contributed by atoms with Crippen LogP contribution in [0.3, 0.4) is 0 Å². The Kier molecular flexibility index (Phi) is 7.05. The van der Waals surface area contributed by atoms with E-state index in [-0.39, 0.29) is 35.1 Å². The van der Waals surface area contributed by atoms with Crippen LogP contribution in [0.5, 0.6) is 0 Å². The summed E-state index contributed by atoms with van der Waals surface area (Å²) in [5, 5.41) is 0.675. The third kappa shape index (κ3) is 5.40. The molecule has 0 unspecified atom stereocenters. The second-order valence-corrected chi connectivity index (χ2v) is 9.59. The Morgan fingerprint density at radius 3 is 2.61 bits per heavy atom. The van der Waals surface area contributed by atoms with Gasteiger partial charge in [-0.1, -0.05) is 67.4 Å². The number of halogens is 2. The molecule has 2 heterocycles. The van der Waals surface area contributed by atoms with Crippen LogP contribution in [0.25, 0.3) is 0 Å². The lowest BCUT2D eigenvalue weighted by atomic mass is 10.1. The van der Waals surface area contributed by atoms with Gasteiger partial charge in [0.05, 0.1) is 35.2 Å². The summed E-state index contributed by atoms with van der Waals surface area (Å²) in [5.74, 6) is -0.145. The van der Waals surface area contributed by atoms with E-state index in [4.69, 9.17) is 23.2 Å². The van der Waals surface area contributed by atoms with Crippen molar-refractivity contribution in [2.24, 2.45) is 5.92 Å². The molecule has 0 saturated carbocycles. The van der Waals surface area contributed by atoms with Crippen LogP contribution in [0.4, 0.5) is 4.79 Å². The van der Waals surface area contributed by atoms with E-state index < -0.39 is 5.91 Å². The molecular weight excluding hydrogens is 459 g/mol. The SMILES string of the molecule is CC(C)CN1C(=O)N(C(=O)c2ccc(Cl)cc2Cl)C[C@@H]1Cc1cn(Cc2ccccc2)cn1. The van der Waals surface area contributed by atoms with E-state index in [0.29, 0.717) is 18.0 Å². The standard InChI is InChI=1S/C25H26Cl2N4O2/c1-17(2)12-30-21(11-20-14-29(16-28-20)13-18-6-4-3-5-7-18)15-31(25(30)33)24(32)22-9-8-19(26)10-23(22)27/h3-10,14,16-17,21H,11-13,15H2,1-2H3/t21-/m0/s1. The molecule has 4 rings (SSSR count). The molecule has 3 aromatic rings. The van der Waals surface area contributed by atoms with Crippen LogP contribution in [0.2, 0.25) is 10.0 Å². The van der Waals surface area contributed by atoms with Gasteiger partial charge in [-0.25, -0.2) is 9.78 Å². The van der Waals surface area contributed by atoms with E-state index in [1.807, 2.05) is 35.3 Å². The highest BCUT2D eigenvalue weighted by atomic mass is 35.5. The molecule has 1 aromatic heterocycles. The fourth-order valence-electron chi connectivity index (χ4n) is 4.11. The number of aromatic nitrogens is 2. The molecule has 0 aliphatic carbocycles. The number of rotatable bonds is 7. The topological polar surface area (TPSA) is 58.4 Å². The van der Waals surface area contributed by atoms with E-state index in [1.54, 1.807) is 17.0 Å². The Balaban J connectivity index is 1.52. The van der Waals surface area contributed by atoms with Crippen LogP contribution in [-0.2, 0) is 13.0 Å². The summed E-state index contributed by atoms with van der Waals surface area (Å²) in [7, 11) is 0. The van der Waals surface area contributed by atoms with Crippen molar-refractivity contribution in [1.82, 2.24) is 19.4 Å². The minimum absolute atomic E-state index is 0.157. The molecule has 1 fully saturated rings. The number of amides is 3. The van der Waals surface area contributed by atoms with Gasteiger partial charge < -0.3 is 9.47 Å². The Morgan fingerprint density at radius 2 is 1.91 bits per heavy atom. The smallest absolute Gasteiger partial charge is 0.327 e. The van der Waals surface area contributed by atoms with Gasteiger partial charge in [0.25, 0.3) is 5.91 Å². The zero-order valence-corrected chi connectivity index (χ0v) is 20.1. The predicted octanol–water partition coefficient (Wildman–Crippen LogP) is 5.38. The zero-order chi connectivity index (χ0) is 23.5. The maximum atomic E-state index is 13.2. The lowest BCUT2D eigenvalue weighted by molar-refractivity contribution is 0.0821. The van der Waals surface area contributed by atoms with Crippen molar-refractivity contribution in [1.29, 1.82) is 0 Å². The van der Waals surface area contributed by atoms with Crippen molar-refractivity contribution in [3.63, 3.8) is 0 Å². The third-order valence-electron chi connectivity index (χ3n) is 5.62. The zero-order valence-electron chi connectivity index (χ0n) is 18.6. The number of benzene rings is 2. The number of imide groups is 1. The van der Waals surface area contributed by atoms with E-state index in [9.17, 15) is 9.59 Å². The summed E-state index contributed by atoms with van der Waals surface area (Å²) in [5.41, 5.74) is 2.35. The van der Waals surface area contributed by atoms with Crippen molar-refractivity contribution in [3.8, 4) is 0 Å². The number of carbonyl (C=O) groups excluding carboxylic acids is 2. The first-order chi connectivity index (χ1) is 15.8. The maximum absolute atomic E-state index is 13.2. The number of carbonyl (C=O) groups is 2. The van der Waals surface area contributed by atoms with E-state index >= 15 is 0 Å². The lowest BCUT2D eigenvalue weighted by Gasteiger charge is -2.24. The molecule has 1 aliphatic heterocycles. The Labute approximate surface area is 203 Å². The summed E-state index contributed by atoms with van der Waals surface area (Å²) in [6.45, 7) is 5.69. The van der Waals surface area contributed by atoms with Gasteiger partial charge in [-0.2, -0.15) is 0 Å². The van der Waals surface area contributed by atoms with Gasteiger partial charge in [0, 0.05) is 30.7 Å². The van der Waals surface area contributed by atoms with Crippen LogP contribution in [0, 0.1) is 5.92 Å². The van der Waals surface area contributed by atoms with Crippen LogP contribution in [0.1, 0.15) is 35.5 Å². The molecule has 0 N–H and O–H groups in total. The Hall–Kier alpha value is -2.83. The molecule has 0 bridgehead atoms. The fraction of sp³-hybridized carbons (Fsp3) is 0.320. The van der Waals surface area contributed by atoms with Crippen LogP contribution >= 0.6 is 23.2 Å². The molecule has 1 saturated heterocycles. The minimum Gasteiger partial charge on any atom is -0.333 e. The molecule has 0 radical (unpaired) electrons. The summed E-state index contributed by atoms with van der Waals surface area (Å²) in [6, 6.07) is 14.4. The monoisotopic (exact) mass is 484 g/mol. The highest BCUT2D eigenvalue weighted by molar-refractivity contribution is 6.37. The number of nitrogens with zero attached hydrogens (tertiary/aromatic N) is 4. The maximum Gasteiger partial charge on any atom is 0.327 e. The molecule has 1 aliphatic rings. The number of hydrogen-bond acceptors (Lipinski definition) is 3. The average molecular weight is 485 g/mol. The second-order valence-electron chi connectivity index (χ2n) is 8.75. The minimum atomic E-state index is -0.410. The molecule has 2 aromatic carbocycles. The van der Waals surface area contributed by atoms with Gasteiger partial charge in [-0.15, -0.1) is 0 Å². The number of urea groups is 1. The number of imidazole rings is 1. The second kappa shape index (κ2) is 9.98. The number of hydrogen-bond donors (Lipinski definition) is 0. The normalized spacial score (nSPS) is 16.2. The van der Waals surface area contributed by atoms with E-state index in [1.165, 1.54) is 16.5 Å². The van der Waals surface area contributed by atoms with Crippen molar-refractivity contribution < 1.29 is 9.59 Å². The fourth-order valence-corrected chi connectivity index (χ4v) is 4.60.